The third-order valence-electron chi connectivity index (χ3n) is 3.78. The molecule has 1 aliphatic carbocycles. The third kappa shape index (κ3) is 3.42. The average molecular weight is 314 g/mol. The van der Waals surface area contributed by atoms with E-state index in [0.29, 0.717) is 44.5 Å². The lowest BCUT2D eigenvalue weighted by molar-refractivity contribution is 0.0730. The molecule has 0 aromatic heterocycles. The van der Waals surface area contributed by atoms with Crippen LogP contribution < -0.4 is 5.32 Å². The summed E-state index contributed by atoms with van der Waals surface area (Å²) >= 11 is 0. The van der Waals surface area contributed by atoms with Crippen molar-refractivity contribution < 1.29 is 17.5 Å². The van der Waals surface area contributed by atoms with E-state index in [1.807, 2.05) is 0 Å². The van der Waals surface area contributed by atoms with Crippen LogP contribution in [0.5, 0.6) is 0 Å². The monoisotopic (exact) mass is 314 g/mol. The fourth-order valence-corrected chi connectivity index (χ4v) is 3.78. The maximum absolute atomic E-state index is 13.8. The summed E-state index contributed by atoms with van der Waals surface area (Å²) in [6.45, 7) is 1.85. The van der Waals surface area contributed by atoms with Gasteiger partial charge in [0.2, 0.25) is 10.0 Å². The molecule has 0 radical (unpaired) electrons. The lowest BCUT2D eigenvalue weighted by Crippen LogP contribution is -2.40. The summed E-state index contributed by atoms with van der Waals surface area (Å²) in [5.41, 5.74) is 0.399. The molecule has 1 aromatic rings. The summed E-state index contributed by atoms with van der Waals surface area (Å²) < 4.78 is 45.4. The summed E-state index contributed by atoms with van der Waals surface area (Å²) in [7, 11) is -3.57. The topological polar surface area (TPSA) is 58.6 Å². The Bertz CT molecular complexity index is 611. The average Bonchev–Trinajstić information content (AvgIpc) is 3.31. The number of ether oxygens (including phenoxy) is 1. The molecule has 7 heteroatoms. The standard InChI is InChI=1S/C14H19FN2O3S/c15-14-4-3-13(9-11(14)10-16-12-1-2-12)21(18,19)17-5-7-20-8-6-17/h3-4,9,12,16H,1-2,5-8,10H2. The van der Waals surface area contributed by atoms with Gasteiger partial charge < -0.3 is 10.1 Å². The van der Waals surface area contributed by atoms with Crippen molar-refractivity contribution >= 4 is 10.0 Å². The molecular weight excluding hydrogens is 295 g/mol. The van der Waals surface area contributed by atoms with Crippen LogP contribution in [-0.2, 0) is 21.3 Å². The molecule has 0 spiro atoms. The highest BCUT2D eigenvalue weighted by Crippen LogP contribution is 2.22. The zero-order valence-corrected chi connectivity index (χ0v) is 12.5. The largest absolute Gasteiger partial charge is 0.379 e. The quantitative estimate of drug-likeness (QED) is 0.884. The number of sulfonamides is 1. The van der Waals surface area contributed by atoms with Crippen LogP contribution in [0.15, 0.2) is 23.1 Å². The molecule has 2 aliphatic rings. The Morgan fingerprint density at radius 3 is 2.67 bits per heavy atom. The Hall–Kier alpha value is -1.02. The SMILES string of the molecule is O=S(=O)(c1ccc(F)c(CNC2CC2)c1)N1CCOCC1. The molecule has 5 nitrogen and oxygen atoms in total. The van der Waals surface area contributed by atoms with Crippen molar-refractivity contribution in [3.63, 3.8) is 0 Å². The lowest BCUT2D eigenvalue weighted by atomic mass is 10.2. The maximum Gasteiger partial charge on any atom is 0.243 e. The second-order valence-electron chi connectivity index (χ2n) is 5.42. The number of halogens is 1. The summed E-state index contributed by atoms with van der Waals surface area (Å²) in [6, 6.07) is 4.46. The van der Waals surface area contributed by atoms with E-state index >= 15 is 0 Å². The van der Waals surface area contributed by atoms with Gasteiger partial charge >= 0.3 is 0 Å². The van der Waals surface area contributed by atoms with Gasteiger partial charge in [0.15, 0.2) is 0 Å². The molecule has 3 rings (SSSR count). The van der Waals surface area contributed by atoms with Crippen LogP contribution in [0.2, 0.25) is 0 Å². The Morgan fingerprint density at radius 1 is 1.29 bits per heavy atom. The van der Waals surface area contributed by atoms with Crippen molar-refractivity contribution in [2.75, 3.05) is 26.3 Å². The zero-order chi connectivity index (χ0) is 14.9. The first-order valence-electron chi connectivity index (χ1n) is 7.17. The van der Waals surface area contributed by atoms with Gasteiger partial charge in [-0.05, 0) is 31.0 Å². The van der Waals surface area contributed by atoms with Crippen LogP contribution in [0.25, 0.3) is 0 Å². The van der Waals surface area contributed by atoms with E-state index in [9.17, 15) is 12.8 Å². The van der Waals surface area contributed by atoms with Gasteiger partial charge in [-0.1, -0.05) is 0 Å². The fraction of sp³-hybridized carbons (Fsp3) is 0.571. The van der Waals surface area contributed by atoms with Gasteiger partial charge in [0, 0.05) is 31.2 Å². The maximum atomic E-state index is 13.8. The smallest absolute Gasteiger partial charge is 0.243 e. The van der Waals surface area contributed by atoms with E-state index in [-0.39, 0.29) is 10.7 Å². The van der Waals surface area contributed by atoms with Gasteiger partial charge in [-0.2, -0.15) is 4.31 Å². The molecule has 1 heterocycles. The Labute approximate surface area is 124 Å². The summed E-state index contributed by atoms with van der Waals surface area (Å²) in [5.74, 6) is -0.371. The van der Waals surface area contributed by atoms with Crippen LogP contribution in [0.3, 0.4) is 0 Å². The molecule has 0 atom stereocenters. The van der Waals surface area contributed by atoms with E-state index in [1.54, 1.807) is 0 Å². The number of morpholine rings is 1. The molecule has 0 bridgehead atoms. The minimum Gasteiger partial charge on any atom is -0.379 e. The van der Waals surface area contributed by atoms with Gasteiger partial charge in [-0.25, -0.2) is 12.8 Å². The van der Waals surface area contributed by atoms with Gasteiger partial charge in [0.1, 0.15) is 5.82 Å². The highest BCUT2D eigenvalue weighted by molar-refractivity contribution is 7.89. The van der Waals surface area contributed by atoms with E-state index in [4.69, 9.17) is 4.74 Å². The molecule has 21 heavy (non-hydrogen) atoms. The fourth-order valence-electron chi connectivity index (χ4n) is 2.32. The number of hydrogen-bond donors (Lipinski definition) is 1. The van der Waals surface area contributed by atoms with Crippen molar-refractivity contribution in [1.29, 1.82) is 0 Å². The molecule has 0 amide bonds. The van der Waals surface area contributed by atoms with Crippen molar-refractivity contribution in [3.05, 3.63) is 29.6 Å². The minimum absolute atomic E-state index is 0.151. The predicted octanol–water partition coefficient (Wildman–Crippen LogP) is 1.10. The highest BCUT2D eigenvalue weighted by Gasteiger charge is 2.27. The van der Waals surface area contributed by atoms with Crippen molar-refractivity contribution in [3.8, 4) is 0 Å². The molecule has 2 fully saturated rings. The first kappa shape index (κ1) is 14.9. The van der Waals surface area contributed by atoms with Gasteiger partial charge in [0.25, 0.3) is 0 Å². The molecule has 116 valence electrons. The van der Waals surface area contributed by atoms with Crippen molar-refractivity contribution in [1.82, 2.24) is 9.62 Å². The van der Waals surface area contributed by atoms with Gasteiger partial charge in [0.05, 0.1) is 18.1 Å². The molecule has 0 unspecified atom stereocenters. The Morgan fingerprint density at radius 2 is 2.00 bits per heavy atom. The van der Waals surface area contributed by atoms with Crippen LogP contribution in [0.1, 0.15) is 18.4 Å². The predicted molar refractivity (Wildman–Crippen MR) is 75.8 cm³/mol. The molecule has 1 N–H and O–H groups in total. The Balaban J connectivity index is 1.81. The number of rotatable bonds is 5. The second kappa shape index (κ2) is 6.00. The van der Waals surface area contributed by atoms with Gasteiger partial charge in [-0.3, -0.25) is 0 Å². The van der Waals surface area contributed by atoms with Crippen LogP contribution >= 0.6 is 0 Å². The summed E-state index contributed by atoms with van der Waals surface area (Å²) in [6.07, 6.45) is 2.21. The number of hydrogen-bond acceptors (Lipinski definition) is 4. The van der Waals surface area contributed by atoms with E-state index in [1.165, 1.54) is 22.5 Å². The first-order chi connectivity index (χ1) is 10.1. The number of nitrogens with one attached hydrogen (secondary N) is 1. The van der Waals surface area contributed by atoms with Crippen molar-refractivity contribution in [2.24, 2.45) is 0 Å². The summed E-state index contributed by atoms with van der Waals surface area (Å²) in [4.78, 5) is 0.151. The van der Waals surface area contributed by atoms with Crippen LogP contribution in [0, 0.1) is 5.82 Å². The molecule has 1 saturated carbocycles. The normalized spacial score (nSPS) is 20.6. The molecular formula is C14H19FN2O3S. The second-order valence-corrected chi connectivity index (χ2v) is 7.36. The number of nitrogens with zero attached hydrogens (tertiary/aromatic N) is 1. The number of benzene rings is 1. The van der Waals surface area contributed by atoms with E-state index < -0.39 is 10.0 Å². The summed E-state index contributed by atoms with van der Waals surface area (Å²) in [5, 5.41) is 3.20. The van der Waals surface area contributed by atoms with E-state index in [0.717, 1.165) is 12.8 Å². The van der Waals surface area contributed by atoms with Crippen LogP contribution in [0.4, 0.5) is 4.39 Å². The molecule has 1 aromatic carbocycles. The minimum atomic E-state index is -3.57. The van der Waals surface area contributed by atoms with Gasteiger partial charge in [-0.15, -0.1) is 0 Å². The zero-order valence-electron chi connectivity index (χ0n) is 11.7. The Kier molecular flexibility index (Phi) is 4.26. The third-order valence-corrected chi connectivity index (χ3v) is 5.68. The molecule has 1 saturated heterocycles. The first-order valence-corrected chi connectivity index (χ1v) is 8.61. The molecule has 1 aliphatic heterocycles. The highest BCUT2D eigenvalue weighted by atomic mass is 32.2. The van der Waals surface area contributed by atoms with E-state index in [2.05, 4.69) is 5.32 Å². The lowest BCUT2D eigenvalue weighted by Gasteiger charge is -2.26. The van der Waals surface area contributed by atoms with Crippen LogP contribution in [-0.4, -0.2) is 45.1 Å². The van der Waals surface area contributed by atoms with Crippen molar-refractivity contribution in [2.45, 2.75) is 30.3 Å².